The number of fused-ring (bicyclic) bond motifs is 1. The molecule has 0 atom stereocenters. The smallest absolute Gasteiger partial charge is 0.399 e. The fourth-order valence-electron chi connectivity index (χ4n) is 4.06. The molecule has 9 heteroatoms. The van der Waals surface area contributed by atoms with E-state index >= 15 is 0 Å². The molecule has 3 heterocycles. The number of nitrogen functional groups attached to an aromatic ring is 1. The molecule has 0 fully saturated rings. The van der Waals surface area contributed by atoms with E-state index < -0.39 is 11.7 Å². The Labute approximate surface area is 197 Å². The fourth-order valence-corrected chi connectivity index (χ4v) is 5.11. The van der Waals surface area contributed by atoms with Crippen LogP contribution in [0.5, 0.6) is 0 Å². The van der Waals surface area contributed by atoms with Gasteiger partial charge < -0.3 is 10.7 Å². The maximum atomic E-state index is 12.8. The summed E-state index contributed by atoms with van der Waals surface area (Å²) in [7, 11) is 0. The monoisotopic (exact) mass is 482 g/mol. The number of nitrogens with one attached hydrogen (secondary N) is 1. The van der Waals surface area contributed by atoms with Crippen molar-refractivity contribution in [3.05, 3.63) is 92.7 Å². The molecular weight excluding hydrogens is 461 g/mol. The van der Waals surface area contributed by atoms with Crippen LogP contribution in [0.2, 0.25) is 0 Å². The minimum atomic E-state index is -4.34. The van der Waals surface area contributed by atoms with Gasteiger partial charge in [0.25, 0.3) is 5.56 Å². The van der Waals surface area contributed by atoms with Gasteiger partial charge in [0.05, 0.1) is 16.8 Å². The summed E-state index contributed by atoms with van der Waals surface area (Å²) < 4.78 is 38.4. The molecule has 0 aliphatic carbocycles. The zero-order chi connectivity index (χ0) is 23.9. The van der Waals surface area contributed by atoms with E-state index in [2.05, 4.69) is 14.9 Å². The van der Waals surface area contributed by atoms with Crippen molar-refractivity contribution in [1.29, 1.82) is 0 Å². The Kier molecular flexibility index (Phi) is 5.75. The number of anilines is 1. The molecule has 5 nitrogen and oxygen atoms in total. The van der Waals surface area contributed by atoms with E-state index in [1.165, 1.54) is 12.1 Å². The van der Waals surface area contributed by atoms with Gasteiger partial charge in [0.1, 0.15) is 5.82 Å². The fraction of sp³-hybridized carbons (Fsp3) is 0.200. The molecule has 2 aromatic heterocycles. The molecule has 0 unspecified atom stereocenters. The zero-order valence-corrected chi connectivity index (χ0v) is 18.8. The Balaban J connectivity index is 1.30. The van der Waals surface area contributed by atoms with Crippen molar-refractivity contribution in [1.82, 2.24) is 14.9 Å². The highest BCUT2D eigenvalue weighted by Crippen LogP contribution is 2.34. The van der Waals surface area contributed by atoms with E-state index in [1.54, 1.807) is 23.5 Å². The highest BCUT2D eigenvalue weighted by Gasteiger charge is 2.30. The maximum Gasteiger partial charge on any atom is 0.416 e. The van der Waals surface area contributed by atoms with E-state index in [1.807, 2.05) is 24.3 Å². The SMILES string of the molecule is Nc1ccc(-c2nc3c(c(=O)[nH]2)CN(Cc2ccc(-c4ccc(C(F)(F)F)cc4)s2)CC3)cc1. The van der Waals surface area contributed by atoms with Crippen LogP contribution in [0.4, 0.5) is 18.9 Å². The standard InChI is InChI=1S/C25H21F3N4OS/c26-25(27,28)17-5-1-15(2-6-17)22-10-9-19(34-22)13-32-12-11-21-20(14-32)24(33)31-23(30-21)16-3-7-18(29)8-4-16/h1-10H,11-14,29H2,(H,30,31,33). The number of H-pyrrole nitrogens is 1. The molecule has 2 aromatic carbocycles. The van der Waals surface area contributed by atoms with Crippen LogP contribution < -0.4 is 11.3 Å². The molecule has 34 heavy (non-hydrogen) atoms. The van der Waals surface area contributed by atoms with Gasteiger partial charge in [-0.2, -0.15) is 13.2 Å². The number of benzene rings is 2. The Bertz CT molecular complexity index is 1380. The lowest BCUT2D eigenvalue weighted by Crippen LogP contribution is -2.35. The van der Waals surface area contributed by atoms with E-state index in [0.29, 0.717) is 36.6 Å². The van der Waals surface area contributed by atoms with Gasteiger partial charge in [-0.15, -0.1) is 11.3 Å². The Morgan fingerprint density at radius 1 is 1.00 bits per heavy atom. The maximum absolute atomic E-state index is 12.8. The molecule has 0 amide bonds. The van der Waals surface area contributed by atoms with Crippen molar-refractivity contribution in [3.8, 4) is 21.8 Å². The van der Waals surface area contributed by atoms with Crippen molar-refractivity contribution < 1.29 is 13.2 Å². The molecular formula is C25H21F3N4OS. The summed E-state index contributed by atoms with van der Waals surface area (Å²) in [4.78, 5) is 24.5. The average Bonchev–Trinajstić information content (AvgIpc) is 3.28. The summed E-state index contributed by atoms with van der Waals surface area (Å²) in [6.45, 7) is 1.91. The predicted octanol–water partition coefficient (Wildman–Crippen LogP) is 5.32. The van der Waals surface area contributed by atoms with Gasteiger partial charge >= 0.3 is 6.18 Å². The van der Waals surface area contributed by atoms with Gasteiger partial charge in [-0.1, -0.05) is 12.1 Å². The number of hydrogen-bond acceptors (Lipinski definition) is 5. The van der Waals surface area contributed by atoms with Crippen LogP contribution in [-0.2, 0) is 25.7 Å². The van der Waals surface area contributed by atoms with Crippen LogP contribution in [0.15, 0.2) is 65.5 Å². The lowest BCUT2D eigenvalue weighted by molar-refractivity contribution is -0.137. The molecule has 0 saturated heterocycles. The van der Waals surface area contributed by atoms with E-state index in [-0.39, 0.29) is 5.56 Å². The van der Waals surface area contributed by atoms with Gasteiger partial charge in [0, 0.05) is 47.1 Å². The van der Waals surface area contributed by atoms with Gasteiger partial charge in [0.2, 0.25) is 0 Å². The molecule has 0 spiro atoms. The minimum absolute atomic E-state index is 0.141. The number of rotatable bonds is 4. The van der Waals surface area contributed by atoms with E-state index in [9.17, 15) is 18.0 Å². The van der Waals surface area contributed by atoms with E-state index in [4.69, 9.17) is 5.73 Å². The van der Waals surface area contributed by atoms with Crippen molar-refractivity contribution in [2.75, 3.05) is 12.3 Å². The molecule has 0 radical (unpaired) electrons. The second kappa shape index (κ2) is 8.73. The van der Waals surface area contributed by atoms with Gasteiger partial charge in [-0.05, 0) is 54.1 Å². The predicted molar refractivity (Wildman–Crippen MR) is 127 cm³/mol. The zero-order valence-electron chi connectivity index (χ0n) is 18.0. The summed E-state index contributed by atoms with van der Waals surface area (Å²) in [5, 5.41) is 0. The third kappa shape index (κ3) is 4.62. The largest absolute Gasteiger partial charge is 0.416 e. The number of alkyl halides is 3. The van der Waals surface area contributed by atoms with Crippen molar-refractivity contribution in [3.63, 3.8) is 0 Å². The second-order valence-corrected chi connectivity index (χ2v) is 9.43. The molecule has 1 aliphatic rings. The summed E-state index contributed by atoms with van der Waals surface area (Å²) in [5.41, 5.74) is 8.64. The van der Waals surface area contributed by atoms with Crippen molar-refractivity contribution in [2.24, 2.45) is 0 Å². The first-order valence-corrected chi connectivity index (χ1v) is 11.5. The van der Waals surface area contributed by atoms with Gasteiger partial charge in [-0.3, -0.25) is 9.69 Å². The summed E-state index contributed by atoms with van der Waals surface area (Å²) in [6, 6.07) is 16.3. The summed E-state index contributed by atoms with van der Waals surface area (Å²) in [5.74, 6) is 0.539. The van der Waals surface area contributed by atoms with Crippen LogP contribution in [0.1, 0.15) is 21.7 Å². The topological polar surface area (TPSA) is 75.0 Å². The Morgan fingerprint density at radius 2 is 1.71 bits per heavy atom. The lowest BCUT2D eigenvalue weighted by Gasteiger charge is -2.27. The number of nitrogens with zero attached hydrogens (tertiary/aromatic N) is 2. The summed E-state index contributed by atoms with van der Waals surface area (Å²) in [6.07, 6.45) is -3.68. The Hall–Kier alpha value is -3.43. The molecule has 174 valence electrons. The van der Waals surface area contributed by atoms with E-state index in [0.717, 1.165) is 45.3 Å². The highest BCUT2D eigenvalue weighted by molar-refractivity contribution is 7.15. The first-order valence-electron chi connectivity index (χ1n) is 10.7. The first kappa shape index (κ1) is 22.4. The minimum Gasteiger partial charge on any atom is -0.399 e. The molecule has 4 aromatic rings. The second-order valence-electron chi connectivity index (χ2n) is 8.26. The molecule has 5 rings (SSSR count). The lowest BCUT2D eigenvalue weighted by atomic mass is 10.1. The first-order chi connectivity index (χ1) is 16.3. The van der Waals surface area contributed by atoms with Crippen LogP contribution in [0.25, 0.3) is 21.8 Å². The van der Waals surface area contributed by atoms with Crippen molar-refractivity contribution in [2.45, 2.75) is 25.7 Å². The van der Waals surface area contributed by atoms with Crippen LogP contribution in [0, 0.1) is 0 Å². The van der Waals surface area contributed by atoms with Crippen molar-refractivity contribution >= 4 is 17.0 Å². The molecule has 0 saturated carbocycles. The van der Waals surface area contributed by atoms with Gasteiger partial charge in [-0.25, -0.2) is 4.98 Å². The van der Waals surface area contributed by atoms with Crippen LogP contribution in [-0.4, -0.2) is 21.4 Å². The normalized spacial score (nSPS) is 14.2. The third-order valence-electron chi connectivity index (χ3n) is 5.87. The number of nitrogens with two attached hydrogens (primary N) is 1. The number of aromatic amines is 1. The number of thiophene rings is 1. The molecule has 0 bridgehead atoms. The number of hydrogen-bond donors (Lipinski definition) is 2. The molecule has 3 N–H and O–H groups in total. The third-order valence-corrected chi connectivity index (χ3v) is 6.99. The summed E-state index contributed by atoms with van der Waals surface area (Å²) >= 11 is 1.54. The highest BCUT2D eigenvalue weighted by atomic mass is 32.1. The number of aromatic nitrogens is 2. The molecule has 1 aliphatic heterocycles. The van der Waals surface area contributed by atoms with Gasteiger partial charge in [0.15, 0.2) is 0 Å². The quantitative estimate of drug-likeness (QED) is 0.386. The number of halogens is 3. The van der Waals surface area contributed by atoms with Crippen LogP contribution in [0.3, 0.4) is 0 Å². The Morgan fingerprint density at radius 3 is 2.41 bits per heavy atom. The van der Waals surface area contributed by atoms with Crippen LogP contribution >= 0.6 is 11.3 Å². The average molecular weight is 483 g/mol.